The van der Waals surface area contributed by atoms with Crippen LogP contribution >= 0.6 is 22.7 Å². The summed E-state index contributed by atoms with van der Waals surface area (Å²) in [6.45, 7) is 6.15. The summed E-state index contributed by atoms with van der Waals surface area (Å²) in [4.78, 5) is 11.4. The van der Waals surface area contributed by atoms with Crippen molar-refractivity contribution in [2.45, 2.75) is 43.2 Å². The van der Waals surface area contributed by atoms with Gasteiger partial charge in [0.25, 0.3) is 10.0 Å². The van der Waals surface area contributed by atoms with Gasteiger partial charge in [0, 0.05) is 42.1 Å². The quantitative estimate of drug-likeness (QED) is 0.388. The van der Waals surface area contributed by atoms with Crippen molar-refractivity contribution in [1.82, 2.24) is 14.9 Å². The smallest absolute Gasteiger partial charge is 0.274 e. The number of aromatic amines is 1. The van der Waals surface area contributed by atoms with Crippen LogP contribution in [0.2, 0.25) is 0 Å². The Morgan fingerprint density at radius 2 is 2.15 bits per heavy atom. The van der Waals surface area contributed by atoms with Crippen LogP contribution in [0, 0.1) is 0 Å². The lowest BCUT2D eigenvalue weighted by atomic mass is 10.2. The number of anilines is 1. The largest absolute Gasteiger partial charge is 0.392 e. The van der Waals surface area contributed by atoms with E-state index in [1.165, 1.54) is 15.6 Å². The minimum atomic E-state index is -3.68. The first kappa shape index (κ1) is 22.5. The number of aliphatic hydroxyl groups excluding tert-OH is 1. The molecule has 33 heavy (non-hydrogen) atoms. The van der Waals surface area contributed by atoms with Crippen LogP contribution in [0.1, 0.15) is 25.1 Å². The van der Waals surface area contributed by atoms with E-state index in [2.05, 4.69) is 14.9 Å². The van der Waals surface area contributed by atoms with Gasteiger partial charge in [-0.25, -0.2) is 13.4 Å². The monoisotopic (exact) mass is 502 g/mol. The Labute approximate surface area is 201 Å². The summed E-state index contributed by atoms with van der Waals surface area (Å²) in [6.07, 6.45) is 2.47. The molecule has 0 saturated carbocycles. The Morgan fingerprint density at radius 1 is 1.30 bits per heavy atom. The lowest BCUT2D eigenvalue weighted by molar-refractivity contribution is 0.175. The summed E-state index contributed by atoms with van der Waals surface area (Å²) in [5.74, 6) is 0. The molecule has 0 aliphatic carbocycles. The molecule has 4 heterocycles. The number of nitrogens with one attached hydrogen (secondary N) is 1. The zero-order valence-corrected chi connectivity index (χ0v) is 20.9. The molecule has 0 radical (unpaired) electrons. The Morgan fingerprint density at radius 3 is 2.85 bits per heavy atom. The van der Waals surface area contributed by atoms with Crippen LogP contribution in [0.3, 0.4) is 0 Å². The van der Waals surface area contributed by atoms with Gasteiger partial charge in [-0.2, -0.15) is 0 Å². The molecule has 1 aliphatic heterocycles. The molecule has 174 valence electrons. The van der Waals surface area contributed by atoms with Gasteiger partial charge in [0.2, 0.25) is 0 Å². The Kier molecular flexibility index (Phi) is 6.04. The number of para-hydroxylation sites is 1. The molecule has 4 aromatic rings. The third-order valence-electron chi connectivity index (χ3n) is 5.76. The summed E-state index contributed by atoms with van der Waals surface area (Å²) < 4.78 is 28.7. The standard InChI is InChI=1S/C23H26N4O3S3/c1-15(2)27(33(29,30)21-7-4-10-31-21)20-6-3-5-16-11-19(25-22(16)20)23-24-12-18(32-23)14-26-9-8-17(28)13-26/h3-7,10-12,15,17,25,28H,8-9,13-14H2,1-2H3. The highest BCUT2D eigenvalue weighted by Crippen LogP contribution is 2.36. The van der Waals surface area contributed by atoms with E-state index >= 15 is 0 Å². The number of hydrogen-bond acceptors (Lipinski definition) is 7. The minimum Gasteiger partial charge on any atom is -0.392 e. The van der Waals surface area contributed by atoms with Crippen LogP contribution in [-0.2, 0) is 16.6 Å². The maximum Gasteiger partial charge on any atom is 0.274 e. The van der Waals surface area contributed by atoms with Crippen molar-refractivity contribution in [3.8, 4) is 10.7 Å². The van der Waals surface area contributed by atoms with E-state index in [0.717, 1.165) is 46.0 Å². The fraction of sp³-hybridized carbons (Fsp3) is 0.348. The van der Waals surface area contributed by atoms with Crippen molar-refractivity contribution < 1.29 is 13.5 Å². The molecule has 1 atom stereocenters. The number of aliphatic hydroxyl groups is 1. The Balaban J connectivity index is 1.50. The van der Waals surface area contributed by atoms with Crippen LogP contribution in [0.5, 0.6) is 0 Å². The number of β-amino-alcohol motifs (C(OH)–C–C–N with tert-alkyl or cyclic N) is 1. The van der Waals surface area contributed by atoms with E-state index in [9.17, 15) is 13.5 Å². The van der Waals surface area contributed by atoms with E-state index in [-0.39, 0.29) is 12.1 Å². The predicted octanol–water partition coefficient (Wildman–Crippen LogP) is 4.52. The summed E-state index contributed by atoms with van der Waals surface area (Å²) in [7, 11) is -3.68. The average Bonchev–Trinajstić information content (AvgIpc) is 3.55. The number of benzene rings is 1. The topological polar surface area (TPSA) is 89.5 Å². The van der Waals surface area contributed by atoms with Crippen molar-refractivity contribution in [3.05, 3.63) is 52.9 Å². The van der Waals surface area contributed by atoms with E-state index in [0.29, 0.717) is 16.4 Å². The molecule has 0 spiro atoms. The molecule has 1 aliphatic rings. The van der Waals surface area contributed by atoms with E-state index < -0.39 is 10.0 Å². The second-order valence-electron chi connectivity index (χ2n) is 8.56. The maximum absolute atomic E-state index is 13.4. The number of thiophene rings is 1. The van der Waals surface area contributed by atoms with Crippen molar-refractivity contribution in [3.63, 3.8) is 0 Å². The van der Waals surface area contributed by atoms with Crippen molar-refractivity contribution in [1.29, 1.82) is 0 Å². The molecule has 0 bridgehead atoms. The number of thiazole rings is 1. The van der Waals surface area contributed by atoms with Crippen LogP contribution in [-0.4, -0.2) is 53.6 Å². The Bertz CT molecular complexity index is 1360. The van der Waals surface area contributed by atoms with Gasteiger partial charge in [0.1, 0.15) is 9.22 Å². The molecule has 3 aromatic heterocycles. The molecule has 1 fully saturated rings. The summed E-state index contributed by atoms with van der Waals surface area (Å²) >= 11 is 2.84. The van der Waals surface area contributed by atoms with Gasteiger partial charge >= 0.3 is 0 Å². The molecule has 7 nitrogen and oxygen atoms in total. The number of aromatic nitrogens is 2. The Hall–Kier alpha value is -2.24. The number of likely N-dealkylation sites (tertiary alicyclic amines) is 1. The SMILES string of the molecule is CC(C)N(c1cccc2cc(-c3ncc(CN4CCC(O)C4)s3)[nH]c12)S(=O)(=O)c1cccs1. The number of fused-ring (bicyclic) bond motifs is 1. The molecule has 1 unspecified atom stereocenters. The first-order valence-electron chi connectivity index (χ1n) is 10.9. The zero-order valence-electron chi connectivity index (χ0n) is 18.4. The lowest BCUT2D eigenvalue weighted by Gasteiger charge is -2.28. The summed E-state index contributed by atoms with van der Waals surface area (Å²) in [5, 5.41) is 13.3. The molecule has 0 amide bonds. The van der Waals surface area contributed by atoms with E-state index in [4.69, 9.17) is 0 Å². The first-order valence-corrected chi connectivity index (χ1v) is 14.0. The molecule has 10 heteroatoms. The third-order valence-corrected chi connectivity index (χ3v) is 10.1. The molecule has 2 N–H and O–H groups in total. The minimum absolute atomic E-state index is 0.237. The van der Waals surface area contributed by atoms with Gasteiger partial charge in [0.05, 0.1) is 23.0 Å². The molecular formula is C23H26N4O3S3. The number of sulfonamides is 1. The fourth-order valence-electron chi connectivity index (χ4n) is 4.31. The highest BCUT2D eigenvalue weighted by Gasteiger charge is 2.30. The zero-order chi connectivity index (χ0) is 23.2. The van der Waals surface area contributed by atoms with Gasteiger partial charge in [0.15, 0.2) is 0 Å². The average molecular weight is 503 g/mol. The number of hydrogen-bond donors (Lipinski definition) is 2. The molecule has 5 rings (SSSR count). The highest BCUT2D eigenvalue weighted by molar-refractivity contribution is 7.94. The number of H-pyrrole nitrogens is 1. The van der Waals surface area contributed by atoms with Gasteiger partial charge in [-0.05, 0) is 43.8 Å². The normalized spacial score (nSPS) is 17.4. The van der Waals surface area contributed by atoms with Crippen LogP contribution in [0.4, 0.5) is 5.69 Å². The summed E-state index contributed by atoms with van der Waals surface area (Å²) in [5.41, 5.74) is 2.28. The lowest BCUT2D eigenvalue weighted by Crippen LogP contribution is -2.36. The maximum atomic E-state index is 13.4. The van der Waals surface area contributed by atoms with Gasteiger partial charge in [-0.15, -0.1) is 22.7 Å². The first-order chi connectivity index (χ1) is 15.8. The van der Waals surface area contributed by atoms with Gasteiger partial charge in [-0.3, -0.25) is 9.21 Å². The van der Waals surface area contributed by atoms with Crippen molar-refractivity contribution >= 4 is 49.3 Å². The molecular weight excluding hydrogens is 476 g/mol. The highest BCUT2D eigenvalue weighted by atomic mass is 32.2. The van der Waals surface area contributed by atoms with E-state index in [1.807, 2.05) is 44.3 Å². The molecule has 1 saturated heterocycles. The molecule has 1 aromatic carbocycles. The number of nitrogens with zero attached hydrogens (tertiary/aromatic N) is 3. The van der Waals surface area contributed by atoms with Crippen molar-refractivity contribution in [2.75, 3.05) is 17.4 Å². The van der Waals surface area contributed by atoms with Gasteiger partial charge in [-0.1, -0.05) is 18.2 Å². The van der Waals surface area contributed by atoms with Gasteiger partial charge < -0.3 is 10.1 Å². The van der Waals surface area contributed by atoms with E-state index in [1.54, 1.807) is 28.8 Å². The van der Waals surface area contributed by atoms with Crippen LogP contribution in [0.25, 0.3) is 21.6 Å². The van der Waals surface area contributed by atoms with Crippen molar-refractivity contribution in [2.24, 2.45) is 0 Å². The van der Waals surface area contributed by atoms with Crippen LogP contribution < -0.4 is 4.31 Å². The fourth-order valence-corrected chi connectivity index (χ4v) is 7.99. The van der Waals surface area contributed by atoms with Crippen LogP contribution in [0.15, 0.2) is 52.2 Å². The second kappa shape index (κ2) is 8.84. The second-order valence-corrected chi connectivity index (χ2v) is 12.7. The third kappa shape index (κ3) is 4.33. The number of rotatable bonds is 7. The summed E-state index contributed by atoms with van der Waals surface area (Å²) in [6, 6.07) is 10.9. The predicted molar refractivity (Wildman–Crippen MR) is 134 cm³/mol.